The van der Waals surface area contributed by atoms with Crippen LogP contribution in [0.5, 0.6) is 0 Å². The fraction of sp³-hybridized carbons (Fsp3) is 0.848. The van der Waals surface area contributed by atoms with Gasteiger partial charge in [-0.05, 0) is 39.0 Å². The molecule has 6 N–H and O–H groups in total. The number of hydrogen-bond acceptors (Lipinski definition) is 10. The summed E-state index contributed by atoms with van der Waals surface area (Å²) in [5.41, 5.74) is 1.18. The van der Waals surface area contributed by atoms with E-state index in [1.54, 1.807) is 6.08 Å². The van der Waals surface area contributed by atoms with Gasteiger partial charge < -0.3 is 44.6 Å². The van der Waals surface area contributed by atoms with Crippen LogP contribution in [-0.4, -0.2) is 126 Å². The molecule has 352 valence electrons. The van der Waals surface area contributed by atoms with Crippen LogP contribution < -0.4 is 5.32 Å². The van der Waals surface area contributed by atoms with Gasteiger partial charge in [0.1, 0.15) is 37.6 Å². The number of allylic oxidation sites excluding steroid dienone is 5. The zero-order chi connectivity index (χ0) is 44.7. The Kier molecular flexibility index (Phi) is 32.0. The van der Waals surface area contributed by atoms with Gasteiger partial charge in [0.05, 0.1) is 46.5 Å². The first-order chi connectivity index (χ1) is 28.6. The zero-order valence-corrected chi connectivity index (χ0v) is 39.3. The van der Waals surface area contributed by atoms with Crippen molar-refractivity contribution in [3.63, 3.8) is 0 Å². The molecule has 1 unspecified atom stereocenters. The lowest BCUT2D eigenvalue weighted by molar-refractivity contribution is -0.870. The minimum atomic E-state index is -4.53. The largest absolute Gasteiger partial charge is 0.472 e. The fourth-order valence-electron chi connectivity index (χ4n) is 6.81. The molecule has 14 heteroatoms. The molecule has 13 nitrogen and oxygen atoms in total. The van der Waals surface area contributed by atoms with Gasteiger partial charge in [0.25, 0.3) is 0 Å². The molecule has 1 aliphatic rings. The van der Waals surface area contributed by atoms with E-state index < -0.39 is 57.3 Å². The van der Waals surface area contributed by atoms with Gasteiger partial charge in [0.15, 0.2) is 6.29 Å². The highest BCUT2D eigenvalue weighted by molar-refractivity contribution is 7.47. The second kappa shape index (κ2) is 34.0. The summed E-state index contributed by atoms with van der Waals surface area (Å²) in [5, 5.41) is 46.0. The van der Waals surface area contributed by atoms with Crippen molar-refractivity contribution in [1.82, 2.24) is 5.32 Å². The van der Waals surface area contributed by atoms with Gasteiger partial charge in [-0.15, -0.1) is 0 Å². The maximum absolute atomic E-state index is 13.1. The van der Waals surface area contributed by atoms with Crippen molar-refractivity contribution >= 4 is 13.7 Å². The highest BCUT2D eigenvalue weighted by Crippen LogP contribution is 2.43. The Morgan fingerprint density at radius 1 is 0.767 bits per heavy atom. The molecule has 1 fully saturated rings. The summed E-state index contributed by atoms with van der Waals surface area (Å²) >= 11 is 0. The summed E-state index contributed by atoms with van der Waals surface area (Å²) in [6.07, 6.45) is 25.5. The fourth-order valence-corrected chi connectivity index (χ4v) is 7.54. The Bertz CT molecular complexity index is 1230. The second-order valence-corrected chi connectivity index (χ2v) is 19.1. The van der Waals surface area contributed by atoms with Crippen LogP contribution in [0.15, 0.2) is 36.0 Å². The summed E-state index contributed by atoms with van der Waals surface area (Å²) in [6.45, 7) is 5.96. The molecule has 1 rings (SSSR count). The SMILES string of the molecule is CCCCCCC/C=C/C(C)=C/CC/C=C/[C@H](O)[C@H](CO[C@@H]1O[C@H](COP(=O)(O)OCC[N+](C)(C)C)[C@H](O)[C@H](O)[C@H]1O)NC(=O)CCCCCCCCCCCCCCC. The number of carbonyl (C=O) groups is 1. The number of aliphatic hydroxyl groups is 4. The maximum Gasteiger partial charge on any atom is 0.472 e. The predicted molar refractivity (Wildman–Crippen MR) is 240 cm³/mol. The Morgan fingerprint density at radius 2 is 1.33 bits per heavy atom. The van der Waals surface area contributed by atoms with Crippen LogP contribution in [-0.2, 0) is 27.9 Å². The van der Waals surface area contributed by atoms with Crippen LogP contribution in [0.3, 0.4) is 0 Å². The molecule has 0 saturated carbocycles. The maximum atomic E-state index is 13.1. The summed E-state index contributed by atoms with van der Waals surface area (Å²) in [4.78, 5) is 23.3. The van der Waals surface area contributed by atoms with E-state index in [2.05, 4.69) is 44.3 Å². The number of phosphoric acid groups is 1. The topological polar surface area (TPSA) is 184 Å². The molecular formula is C46H88N2O11P+. The van der Waals surface area contributed by atoms with Crippen molar-refractivity contribution in [3.05, 3.63) is 36.0 Å². The molecule has 1 heterocycles. The van der Waals surface area contributed by atoms with Crippen LogP contribution in [0.4, 0.5) is 0 Å². The molecule has 0 radical (unpaired) electrons. The predicted octanol–water partition coefficient (Wildman–Crippen LogP) is 8.18. The molecule has 0 aliphatic carbocycles. The third-order valence-corrected chi connectivity index (χ3v) is 11.8. The molecule has 0 aromatic heterocycles. The van der Waals surface area contributed by atoms with E-state index in [-0.39, 0.29) is 25.5 Å². The second-order valence-electron chi connectivity index (χ2n) is 17.7. The highest BCUT2D eigenvalue weighted by Gasteiger charge is 2.45. The zero-order valence-electron chi connectivity index (χ0n) is 38.4. The summed E-state index contributed by atoms with van der Waals surface area (Å²) in [5.74, 6) is -0.245. The van der Waals surface area contributed by atoms with Gasteiger partial charge in [0.2, 0.25) is 5.91 Å². The van der Waals surface area contributed by atoms with Crippen molar-refractivity contribution in [2.45, 2.75) is 205 Å². The van der Waals surface area contributed by atoms with Crippen molar-refractivity contribution < 1.29 is 57.7 Å². The summed E-state index contributed by atoms with van der Waals surface area (Å²) < 4.78 is 34.6. The van der Waals surface area contributed by atoms with Gasteiger partial charge in [-0.1, -0.05) is 153 Å². The van der Waals surface area contributed by atoms with E-state index in [9.17, 15) is 34.7 Å². The Hall–Kier alpha value is -1.48. The molecule has 1 saturated heterocycles. The number of unbranched alkanes of at least 4 members (excludes halogenated alkanes) is 18. The van der Waals surface area contributed by atoms with E-state index in [4.69, 9.17) is 18.5 Å². The molecular weight excluding hydrogens is 787 g/mol. The van der Waals surface area contributed by atoms with E-state index in [0.717, 1.165) is 32.1 Å². The van der Waals surface area contributed by atoms with Gasteiger partial charge >= 0.3 is 7.82 Å². The van der Waals surface area contributed by atoms with Crippen molar-refractivity contribution in [2.24, 2.45) is 0 Å². The Labute approximate surface area is 364 Å². The first-order valence-corrected chi connectivity index (χ1v) is 24.8. The standard InChI is InChI=1S/C46H87N2O11P/c1-7-9-11-13-15-16-17-18-19-20-22-24-29-33-42(50)47-39(40(49)32-28-25-27-31-38(3)30-26-23-21-14-12-10-8-2)36-56-46-45(53)44(52)43(51)41(59-46)37-58-60(54,55)57-35-34-48(4,5)6/h26,28,30-32,39-41,43-46,49,51-53H,7-25,27,29,33-37H2,1-6H3,(H-,47,50,54,55)/p+1/b30-26+,32-28+,38-31+/t39-,40-,41+,43-,44-,45+,46+/m0/s1. The minimum absolute atomic E-state index is 0.0609. The number of aliphatic hydroxyl groups excluding tert-OH is 4. The Balaban J connectivity index is 2.77. The third-order valence-electron chi connectivity index (χ3n) is 10.8. The van der Waals surface area contributed by atoms with E-state index in [1.807, 2.05) is 27.2 Å². The van der Waals surface area contributed by atoms with Crippen molar-refractivity contribution in [3.8, 4) is 0 Å². The number of nitrogens with zero attached hydrogens (tertiary/aromatic N) is 1. The summed E-state index contributed by atoms with van der Waals surface area (Å²) in [7, 11) is 1.16. The molecule has 0 spiro atoms. The van der Waals surface area contributed by atoms with Crippen molar-refractivity contribution in [1.29, 1.82) is 0 Å². The highest BCUT2D eigenvalue weighted by atomic mass is 31.2. The number of ether oxygens (including phenoxy) is 2. The lowest BCUT2D eigenvalue weighted by atomic mass is 9.99. The Morgan fingerprint density at radius 3 is 1.92 bits per heavy atom. The lowest BCUT2D eigenvalue weighted by Gasteiger charge is -2.40. The smallest absolute Gasteiger partial charge is 0.387 e. The van der Waals surface area contributed by atoms with Crippen LogP contribution in [0.25, 0.3) is 0 Å². The van der Waals surface area contributed by atoms with Crippen LogP contribution in [0.1, 0.15) is 162 Å². The number of quaternary nitrogens is 1. The molecule has 1 aliphatic heterocycles. The molecule has 0 aromatic carbocycles. The first kappa shape index (κ1) is 56.5. The third kappa shape index (κ3) is 29.0. The van der Waals surface area contributed by atoms with Gasteiger partial charge in [-0.25, -0.2) is 4.57 Å². The number of likely N-dealkylation sites (N-methyl/N-ethyl adjacent to an activating group) is 1. The monoisotopic (exact) mass is 876 g/mol. The normalized spacial score (nSPS) is 22.4. The molecule has 8 atom stereocenters. The van der Waals surface area contributed by atoms with E-state index in [1.165, 1.54) is 95.5 Å². The number of carbonyl (C=O) groups excluding carboxylic acids is 1. The minimum Gasteiger partial charge on any atom is -0.387 e. The van der Waals surface area contributed by atoms with Crippen LogP contribution in [0.2, 0.25) is 0 Å². The number of amides is 1. The van der Waals surface area contributed by atoms with Gasteiger partial charge in [-0.3, -0.25) is 13.8 Å². The molecule has 0 bridgehead atoms. The van der Waals surface area contributed by atoms with E-state index in [0.29, 0.717) is 23.9 Å². The molecule has 1 amide bonds. The number of rotatable bonds is 37. The van der Waals surface area contributed by atoms with Crippen LogP contribution in [0, 0.1) is 0 Å². The van der Waals surface area contributed by atoms with Crippen molar-refractivity contribution in [2.75, 3.05) is 47.5 Å². The van der Waals surface area contributed by atoms with Gasteiger partial charge in [-0.2, -0.15) is 0 Å². The average Bonchev–Trinajstić information content (AvgIpc) is 3.19. The van der Waals surface area contributed by atoms with Crippen LogP contribution >= 0.6 is 7.82 Å². The molecule has 0 aromatic rings. The van der Waals surface area contributed by atoms with Gasteiger partial charge in [0, 0.05) is 6.42 Å². The molecule has 60 heavy (non-hydrogen) atoms. The first-order valence-electron chi connectivity index (χ1n) is 23.3. The van der Waals surface area contributed by atoms with E-state index >= 15 is 0 Å². The summed E-state index contributed by atoms with van der Waals surface area (Å²) in [6, 6.07) is -0.921. The number of hydrogen-bond donors (Lipinski definition) is 6. The number of phosphoric ester groups is 1. The lowest BCUT2D eigenvalue weighted by Crippen LogP contribution is -2.60. The number of nitrogens with one attached hydrogen (secondary N) is 1. The quantitative estimate of drug-likeness (QED) is 0.0116. The average molecular weight is 876 g/mol.